The highest BCUT2D eigenvalue weighted by Gasteiger charge is 2.40. The number of hydrogen-bond acceptors (Lipinski definition) is 4. The van der Waals surface area contributed by atoms with E-state index in [1.807, 2.05) is 6.07 Å². The molecular formula is C17H22N2O3S. The summed E-state index contributed by atoms with van der Waals surface area (Å²) in [7, 11) is 0. The number of carbonyl (C=O) groups excluding carboxylic acids is 2. The minimum atomic E-state index is -0.314. The van der Waals surface area contributed by atoms with E-state index in [4.69, 9.17) is 4.42 Å². The van der Waals surface area contributed by atoms with Gasteiger partial charge in [-0.1, -0.05) is 6.42 Å². The van der Waals surface area contributed by atoms with Gasteiger partial charge in [0, 0.05) is 23.7 Å². The summed E-state index contributed by atoms with van der Waals surface area (Å²) in [5.74, 6) is 2.66. The average molecular weight is 334 g/mol. The molecule has 1 N–H and O–H groups in total. The average Bonchev–Trinajstić information content (AvgIpc) is 3.15. The van der Waals surface area contributed by atoms with E-state index in [0.29, 0.717) is 11.6 Å². The van der Waals surface area contributed by atoms with Crippen molar-refractivity contribution in [1.82, 2.24) is 10.2 Å². The van der Waals surface area contributed by atoms with Crippen LogP contribution in [0.25, 0.3) is 0 Å². The van der Waals surface area contributed by atoms with Gasteiger partial charge in [0.1, 0.15) is 11.8 Å². The van der Waals surface area contributed by atoms with Crippen LogP contribution in [0.15, 0.2) is 16.7 Å². The molecule has 4 rings (SSSR count). The second-order valence-corrected chi connectivity index (χ2v) is 7.70. The lowest BCUT2D eigenvalue weighted by Crippen LogP contribution is -2.50. The van der Waals surface area contributed by atoms with Gasteiger partial charge in [0.15, 0.2) is 0 Å². The van der Waals surface area contributed by atoms with E-state index in [0.717, 1.165) is 49.8 Å². The summed E-state index contributed by atoms with van der Waals surface area (Å²) in [6, 6.07) is 1.67. The van der Waals surface area contributed by atoms with E-state index in [1.54, 1.807) is 22.9 Å². The van der Waals surface area contributed by atoms with Gasteiger partial charge in [0.05, 0.1) is 18.2 Å². The Labute approximate surface area is 140 Å². The van der Waals surface area contributed by atoms with Gasteiger partial charge in [-0.05, 0) is 31.7 Å². The molecule has 1 aliphatic heterocycles. The van der Waals surface area contributed by atoms with Crippen molar-refractivity contribution < 1.29 is 14.0 Å². The van der Waals surface area contributed by atoms with E-state index in [-0.39, 0.29) is 29.8 Å². The Hall–Kier alpha value is -1.43. The molecule has 2 aliphatic carbocycles. The van der Waals surface area contributed by atoms with Gasteiger partial charge in [0.2, 0.25) is 11.8 Å². The number of hydrogen-bond donors (Lipinski definition) is 1. The molecule has 124 valence electrons. The zero-order valence-electron chi connectivity index (χ0n) is 13.1. The van der Waals surface area contributed by atoms with Crippen molar-refractivity contribution in [3.8, 4) is 0 Å². The van der Waals surface area contributed by atoms with E-state index in [2.05, 4.69) is 5.32 Å². The van der Waals surface area contributed by atoms with Gasteiger partial charge in [-0.2, -0.15) is 0 Å². The molecule has 2 heterocycles. The molecule has 1 saturated carbocycles. The monoisotopic (exact) mass is 334 g/mol. The van der Waals surface area contributed by atoms with E-state index >= 15 is 0 Å². The molecule has 23 heavy (non-hydrogen) atoms. The predicted molar refractivity (Wildman–Crippen MR) is 87.8 cm³/mol. The van der Waals surface area contributed by atoms with Crippen LogP contribution in [-0.2, 0) is 16.0 Å². The molecule has 0 aromatic carbocycles. The van der Waals surface area contributed by atoms with Gasteiger partial charge in [-0.15, -0.1) is 11.8 Å². The molecule has 2 amide bonds. The predicted octanol–water partition coefficient (Wildman–Crippen LogP) is 2.47. The molecule has 6 heteroatoms. The second kappa shape index (κ2) is 6.23. The summed E-state index contributed by atoms with van der Waals surface area (Å²) in [6.45, 7) is 0. The molecule has 3 aliphatic rings. The molecule has 0 radical (unpaired) electrons. The summed E-state index contributed by atoms with van der Waals surface area (Å²) in [5, 5.41) is 3.16. The van der Waals surface area contributed by atoms with Gasteiger partial charge < -0.3 is 14.6 Å². The molecule has 1 saturated heterocycles. The third-order valence-electron chi connectivity index (χ3n) is 5.29. The first-order valence-corrected chi connectivity index (χ1v) is 9.64. The van der Waals surface area contributed by atoms with E-state index in [1.165, 1.54) is 0 Å². The second-order valence-electron chi connectivity index (χ2n) is 6.70. The zero-order valence-corrected chi connectivity index (χ0v) is 13.9. The van der Waals surface area contributed by atoms with Crippen molar-refractivity contribution in [2.45, 2.75) is 50.6 Å². The van der Waals surface area contributed by atoms with Crippen LogP contribution in [0.3, 0.4) is 0 Å². The number of rotatable bonds is 3. The summed E-state index contributed by atoms with van der Waals surface area (Å²) in [5.41, 5.74) is 1.10. The lowest BCUT2D eigenvalue weighted by Gasteiger charge is -2.32. The number of furan rings is 1. The molecule has 2 fully saturated rings. The molecule has 0 bridgehead atoms. The fraction of sp³-hybridized carbons (Fsp3) is 0.647. The zero-order chi connectivity index (χ0) is 15.8. The van der Waals surface area contributed by atoms with Crippen LogP contribution in [0.1, 0.15) is 49.5 Å². The highest BCUT2D eigenvalue weighted by Crippen LogP contribution is 2.34. The SMILES string of the molecule is O=C(NC1CCCc2occc21)C1CSCN1C(=O)C1CCC1. The Balaban J connectivity index is 1.43. The Morgan fingerprint density at radius 1 is 1.26 bits per heavy atom. The maximum absolute atomic E-state index is 12.7. The standard InChI is InChI=1S/C17H22N2O3S/c20-16(18-13-5-2-6-15-12(13)7-8-22-15)14-9-23-10-19(14)17(21)11-3-1-4-11/h7-8,11,13-14H,1-6,9-10H2,(H,18,20). The highest BCUT2D eigenvalue weighted by molar-refractivity contribution is 7.99. The summed E-state index contributed by atoms with van der Waals surface area (Å²) in [6.07, 6.45) is 7.71. The minimum Gasteiger partial charge on any atom is -0.469 e. The Morgan fingerprint density at radius 3 is 2.91 bits per heavy atom. The number of nitrogens with one attached hydrogen (secondary N) is 1. The fourth-order valence-corrected chi connectivity index (χ4v) is 4.83. The lowest BCUT2D eigenvalue weighted by atomic mass is 9.84. The maximum atomic E-state index is 12.7. The fourth-order valence-electron chi connectivity index (χ4n) is 3.67. The molecule has 0 spiro atoms. The third-order valence-corrected chi connectivity index (χ3v) is 6.30. The number of aryl methyl sites for hydroxylation is 1. The molecule has 1 aromatic heterocycles. The number of nitrogens with zero attached hydrogens (tertiary/aromatic N) is 1. The largest absolute Gasteiger partial charge is 0.469 e. The third kappa shape index (κ3) is 2.77. The Bertz CT molecular complexity index is 611. The highest BCUT2D eigenvalue weighted by atomic mass is 32.2. The topological polar surface area (TPSA) is 62.6 Å². The van der Waals surface area contributed by atoms with Gasteiger partial charge in [-0.25, -0.2) is 0 Å². The van der Waals surface area contributed by atoms with Crippen LogP contribution < -0.4 is 5.32 Å². The van der Waals surface area contributed by atoms with Crippen LogP contribution in [0.5, 0.6) is 0 Å². The van der Waals surface area contributed by atoms with Gasteiger partial charge in [-0.3, -0.25) is 9.59 Å². The summed E-state index contributed by atoms with van der Waals surface area (Å²) in [4.78, 5) is 27.0. The van der Waals surface area contributed by atoms with Crippen molar-refractivity contribution in [2.75, 3.05) is 11.6 Å². The molecule has 2 unspecified atom stereocenters. The van der Waals surface area contributed by atoms with Crippen molar-refractivity contribution in [3.63, 3.8) is 0 Å². The first kappa shape index (κ1) is 15.1. The number of amides is 2. The van der Waals surface area contributed by atoms with Crippen molar-refractivity contribution in [3.05, 3.63) is 23.7 Å². The number of carbonyl (C=O) groups is 2. The van der Waals surface area contributed by atoms with Crippen molar-refractivity contribution in [1.29, 1.82) is 0 Å². The van der Waals surface area contributed by atoms with Crippen LogP contribution in [0.4, 0.5) is 0 Å². The van der Waals surface area contributed by atoms with Crippen molar-refractivity contribution >= 4 is 23.6 Å². The Kier molecular flexibility index (Phi) is 4.09. The normalized spacial score (nSPS) is 27.4. The smallest absolute Gasteiger partial charge is 0.244 e. The van der Waals surface area contributed by atoms with E-state index < -0.39 is 0 Å². The van der Waals surface area contributed by atoms with Gasteiger partial charge in [0.25, 0.3) is 0 Å². The summed E-state index contributed by atoms with van der Waals surface area (Å²) >= 11 is 1.67. The van der Waals surface area contributed by atoms with E-state index in [9.17, 15) is 9.59 Å². The maximum Gasteiger partial charge on any atom is 0.244 e. The minimum absolute atomic E-state index is 0.0123. The van der Waals surface area contributed by atoms with Gasteiger partial charge >= 0.3 is 0 Å². The number of fused-ring (bicyclic) bond motifs is 1. The van der Waals surface area contributed by atoms with Crippen LogP contribution in [-0.4, -0.2) is 34.4 Å². The first-order chi connectivity index (χ1) is 11.2. The Morgan fingerprint density at radius 2 is 2.13 bits per heavy atom. The summed E-state index contributed by atoms with van der Waals surface area (Å²) < 4.78 is 5.49. The quantitative estimate of drug-likeness (QED) is 0.922. The lowest BCUT2D eigenvalue weighted by molar-refractivity contribution is -0.143. The van der Waals surface area contributed by atoms with Crippen LogP contribution in [0, 0.1) is 5.92 Å². The first-order valence-electron chi connectivity index (χ1n) is 8.49. The molecule has 5 nitrogen and oxygen atoms in total. The van der Waals surface area contributed by atoms with Crippen LogP contribution in [0.2, 0.25) is 0 Å². The van der Waals surface area contributed by atoms with Crippen LogP contribution >= 0.6 is 11.8 Å². The van der Waals surface area contributed by atoms with Crippen molar-refractivity contribution in [2.24, 2.45) is 5.92 Å². The molecule has 1 aromatic rings. The number of thioether (sulfide) groups is 1. The molecular weight excluding hydrogens is 312 g/mol. The molecule has 2 atom stereocenters.